The lowest BCUT2D eigenvalue weighted by Gasteiger charge is -2.21. The summed E-state index contributed by atoms with van der Waals surface area (Å²) in [6.45, 7) is 2.72. The van der Waals surface area contributed by atoms with Crippen LogP contribution in [0.25, 0.3) is 0 Å². The molecule has 0 saturated carbocycles. The van der Waals surface area contributed by atoms with E-state index in [9.17, 15) is 0 Å². The largest absolute Gasteiger partial charge is 0.385 e. The predicted octanol–water partition coefficient (Wildman–Crippen LogP) is 4.76. The van der Waals surface area contributed by atoms with E-state index in [0.717, 1.165) is 31.7 Å². The number of rotatable bonds is 10. The first-order chi connectivity index (χ1) is 12.9. The molecule has 0 aliphatic carbocycles. The Morgan fingerprint density at radius 2 is 1.15 bits per heavy atom. The van der Waals surface area contributed by atoms with E-state index in [4.69, 9.17) is 0 Å². The van der Waals surface area contributed by atoms with E-state index in [0.29, 0.717) is 6.04 Å². The quantitative estimate of drug-likeness (QED) is 0.496. The molecule has 0 unspecified atom stereocenters. The minimum absolute atomic E-state index is 0.381. The standard InChI is InChI=1S/C23H27N3/c1-4-10-20(11-5-1)18-25-23(19-26-22-14-8-3-9-15-22)16-17-24-21-12-6-2-7-13-21/h1-15,23-26H,16-19H2/t23-/m0/s1. The van der Waals surface area contributed by atoms with E-state index in [1.54, 1.807) is 0 Å². The normalized spacial score (nSPS) is 11.7. The van der Waals surface area contributed by atoms with E-state index in [-0.39, 0.29) is 0 Å². The van der Waals surface area contributed by atoms with Gasteiger partial charge >= 0.3 is 0 Å². The average molecular weight is 345 g/mol. The third-order valence-corrected chi connectivity index (χ3v) is 4.36. The monoisotopic (exact) mass is 345 g/mol. The summed E-state index contributed by atoms with van der Waals surface area (Å²) in [6, 6.07) is 31.7. The molecule has 0 radical (unpaired) electrons. The Balaban J connectivity index is 1.51. The Morgan fingerprint density at radius 3 is 1.77 bits per heavy atom. The van der Waals surface area contributed by atoms with Gasteiger partial charge in [-0.05, 0) is 36.2 Å². The van der Waals surface area contributed by atoms with Crippen LogP contribution >= 0.6 is 0 Å². The summed E-state index contributed by atoms with van der Waals surface area (Å²) in [5.41, 5.74) is 3.65. The van der Waals surface area contributed by atoms with Crippen molar-refractivity contribution in [3.63, 3.8) is 0 Å². The number of hydrogen-bond donors (Lipinski definition) is 3. The van der Waals surface area contributed by atoms with Crippen molar-refractivity contribution in [1.82, 2.24) is 5.32 Å². The maximum atomic E-state index is 3.69. The van der Waals surface area contributed by atoms with Crippen LogP contribution in [0.15, 0.2) is 91.0 Å². The lowest BCUT2D eigenvalue weighted by molar-refractivity contribution is 0.508. The molecule has 0 saturated heterocycles. The van der Waals surface area contributed by atoms with Gasteiger partial charge < -0.3 is 16.0 Å². The van der Waals surface area contributed by atoms with Crippen molar-refractivity contribution >= 4 is 11.4 Å². The SMILES string of the molecule is c1ccc(CN[C@@H](CCNc2ccccc2)CNc2ccccc2)cc1. The second kappa shape index (κ2) is 10.3. The molecular weight excluding hydrogens is 318 g/mol. The van der Waals surface area contributed by atoms with E-state index in [1.165, 1.54) is 11.3 Å². The number of benzene rings is 3. The zero-order valence-electron chi connectivity index (χ0n) is 15.1. The molecule has 3 aromatic rings. The van der Waals surface area contributed by atoms with Crippen LogP contribution in [0, 0.1) is 0 Å². The molecule has 3 rings (SSSR count). The van der Waals surface area contributed by atoms with Gasteiger partial charge in [0.2, 0.25) is 0 Å². The molecule has 0 fully saturated rings. The number of para-hydroxylation sites is 2. The van der Waals surface area contributed by atoms with Crippen molar-refractivity contribution in [1.29, 1.82) is 0 Å². The zero-order chi connectivity index (χ0) is 17.9. The first kappa shape index (κ1) is 18.0. The summed E-state index contributed by atoms with van der Waals surface area (Å²) in [7, 11) is 0. The van der Waals surface area contributed by atoms with E-state index in [1.807, 2.05) is 12.1 Å². The van der Waals surface area contributed by atoms with Crippen LogP contribution in [0.1, 0.15) is 12.0 Å². The Hall–Kier alpha value is -2.78. The maximum absolute atomic E-state index is 3.69. The van der Waals surface area contributed by atoms with Gasteiger partial charge in [-0.25, -0.2) is 0 Å². The average Bonchev–Trinajstić information content (AvgIpc) is 2.72. The smallest absolute Gasteiger partial charge is 0.0340 e. The fourth-order valence-corrected chi connectivity index (χ4v) is 2.88. The van der Waals surface area contributed by atoms with Crippen LogP contribution in [0.2, 0.25) is 0 Å². The van der Waals surface area contributed by atoms with E-state index < -0.39 is 0 Å². The van der Waals surface area contributed by atoms with Gasteiger partial charge in [-0.15, -0.1) is 0 Å². The summed E-state index contributed by atoms with van der Waals surface area (Å²) in [5, 5.41) is 10.7. The Labute approximate surface area is 156 Å². The van der Waals surface area contributed by atoms with Crippen molar-refractivity contribution in [2.24, 2.45) is 0 Å². The molecule has 0 aromatic heterocycles. The van der Waals surface area contributed by atoms with Gasteiger partial charge in [0.15, 0.2) is 0 Å². The molecule has 3 nitrogen and oxygen atoms in total. The molecule has 134 valence electrons. The highest BCUT2D eigenvalue weighted by atomic mass is 15.0. The molecule has 0 bridgehead atoms. The summed E-state index contributed by atoms with van der Waals surface area (Å²) < 4.78 is 0. The third kappa shape index (κ3) is 6.26. The Morgan fingerprint density at radius 1 is 0.615 bits per heavy atom. The van der Waals surface area contributed by atoms with Gasteiger partial charge in [0.25, 0.3) is 0 Å². The molecule has 0 amide bonds. The molecule has 0 aliphatic rings. The molecule has 0 spiro atoms. The fraction of sp³-hybridized carbons (Fsp3) is 0.217. The summed E-state index contributed by atoms with van der Waals surface area (Å²) in [5.74, 6) is 0. The van der Waals surface area contributed by atoms with Gasteiger partial charge in [0.05, 0.1) is 0 Å². The summed E-state index contributed by atoms with van der Waals surface area (Å²) >= 11 is 0. The van der Waals surface area contributed by atoms with E-state index >= 15 is 0 Å². The molecular formula is C23H27N3. The molecule has 3 heteroatoms. The fourth-order valence-electron chi connectivity index (χ4n) is 2.88. The van der Waals surface area contributed by atoms with Crippen molar-refractivity contribution in [2.75, 3.05) is 23.7 Å². The van der Waals surface area contributed by atoms with Crippen molar-refractivity contribution < 1.29 is 0 Å². The van der Waals surface area contributed by atoms with Crippen LogP contribution < -0.4 is 16.0 Å². The second-order valence-electron chi connectivity index (χ2n) is 6.39. The highest BCUT2D eigenvalue weighted by molar-refractivity contribution is 5.43. The second-order valence-corrected chi connectivity index (χ2v) is 6.39. The van der Waals surface area contributed by atoms with Crippen LogP contribution in [0.3, 0.4) is 0 Å². The lowest BCUT2D eigenvalue weighted by atomic mass is 10.1. The minimum Gasteiger partial charge on any atom is -0.385 e. The van der Waals surface area contributed by atoms with Gasteiger partial charge in [-0.2, -0.15) is 0 Å². The topological polar surface area (TPSA) is 36.1 Å². The van der Waals surface area contributed by atoms with Crippen LogP contribution in [-0.2, 0) is 6.54 Å². The zero-order valence-corrected chi connectivity index (χ0v) is 15.1. The van der Waals surface area contributed by atoms with Gasteiger partial charge in [-0.1, -0.05) is 66.7 Å². The van der Waals surface area contributed by atoms with Crippen molar-refractivity contribution in [3.05, 3.63) is 96.6 Å². The van der Waals surface area contributed by atoms with Crippen LogP contribution in [0.4, 0.5) is 11.4 Å². The molecule has 3 N–H and O–H groups in total. The lowest BCUT2D eigenvalue weighted by Crippen LogP contribution is -2.36. The predicted molar refractivity (Wildman–Crippen MR) is 112 cm³/mol. The van der Waals surface area contributed by atoms with Crippen molar-refractivity contribution in [3.8, 4) is 0 Å². The van der Waals surface area contributed by atoms with Crippen molar-refractivity contribution in [2.45, 2.75) is 19.0 Å². The molecule has 0 heterocycles. The molecule has 26 heavy (non-hydrogen) atoms. The highest BCUT2D eigenvalue weighted by Gasteiger charge is 2.08. The Bertz CT molecular complexity index is 686. The minimum atomic E-state index is 0.381. The number of nitrogens with one attached hydrogen (secondary N) is 3. The Kier molecular flexibility index (Phi) is 7.12. The van der Waals surface area contributed by atoms with Crippen LogP contribution in [-0.4, -0.2) is 19.1 Å². The third-order valence-electron chi connectivity index (χ3n) is 4.36. The first-order valence-electron chi connectivity index (χ1n) is 9.25. The summed E-state index contributed by atoms with van der Waals surface area (Å²) in [4.78, 5) is 0. The van der Waals surface area contributed by atoms with Gasteiger partial charge in [-0.3, -0.25) is 0 Å². The van der Waals surface area contributed by atoms with Crippen LogP contribution in [0.5, 0.6) is 0 Å². The first-order valence-corrected chi connectivity index (χ1v) is 9.25. The number of anilines is 2. The molecule has 0 aliphatic heterocycles. The van der Waals surface area contributed by atoms with Gasteiger partial charge in [0, 0.05) is 37.1 Å². The molecule has 1 atom stereocenters. The highest BCUT2D eigenvalue weighted by Crippen LogP contribution is 2.08. The summed E-state index contributed by atoms with van der Waals surface area (Å²) in [6.07, 6.45) is 1.04. The maximum Gasteiger partial charge on any atom is 0.0340 e. The van der Waals surface area contributed by atoms with Gasteiger partial charge in [0.1, 0.15) is 0 Å². The van der Waals surface area contributed by atoms with E-state index in [2.05, 4.69) is 94.8 Å². The molecule has 3 aromatic carbocycles. The number of hydrogen-bond acceptors (Lipinski definition) is 3.